The Hall–Kier alpha value is -2.61. The first-order valence-electron chi connectivity index (χ1n) is 10.4. The molecule has 2 saturated heterocycles. The van der Waals surface area contributed by atoms with E-state index in [1.165, 1.54) is 6.42 Å². The van der Waals surface area contributed by atoms with E-state index in [2.05, 4.69) is 15.2 Å². The minimum absolute atomic E-state index is 0.00762. The SMILES string of the molecule is COc1ccc(CN2CCC[C@H](n3cc(C(=O)N4CCCCC4)nn3)C2)c(O)c1. The third kappa shape index (κ3) is 4.53. The number of carbonyl (C=O) groups excluding carboxylic acids is 1. The van der Waals surface area contributed by atoms with Crippen molar-refractivity contribution in [3.05, 3.63) is 35.7 Å². The Morgan fingerprint density at radius 1 is 1.21 bits per heavy atom. The van der Waals surface area contributed by atoms with Crippen molar-refractivity contribution >= 4 is 5.91 Å². The molecule has 2 aromatic rings. The standard InChI is InChI=1S/C21H29N5O3/c1-29-18-8-7-16(20(27)12-18)13-24-9-5-6-17(14-24)26-15-19(22-23-26)21(28)25-10-3-2-4-11-25/h7-8,12,15,17,27H,2-6,9-11,13-14H2,1H3/t17-/m0/s1. The second-order valence-corrected chi connectivity index (χ2v) is 7.96. The van der Waals surface area contributed by atoms with Crippen LogP contribution in [0.2, 0.25) is 0 Å². The number of methoxy groups -OCH3 is 1. The maximum absolute atomic E-state index is 12.7. The van der Waals surface area contributed by atoms with Gasteiger partial charge in [-0.3, -0.25) is 9.69 Å². The van der Waals surface area contributed by atoms with Crippen LogP contribution in [0, 0.1) is 0 Å². The van der Waals surface area contributed by atoms with Gasteiger partial charge in [-0.15, -0.1) is 5.10 Å². The fourth-order valence-electron chi connectivity index (χ4n) is 4.25. The summed E-state index contributed by atoms with van der Waals surface area (Å²) in [6, 6.07) is 5.60. The van der Waals surface area contributed by atoms with E-state index < -0.39 is 0 Å². The van der Waals surface area contributed by atoms with Crippen LogP contribution >= 0.6 is 0 Å². The summed E-state index contributed by atoms with van der Waals surface area (Å²) in [5.74, 6) is 0.893. The fraction of sp³-hybridized carbons (Fsp3) is 0.571. The van der Waals surface area contributed by atoms with Crippen molar-refractivity contribution in [2.45, 2.75) is 44.7 Å². The third-order valence-corrected chi connectivity index (χ3v) is 5.91. The van der Waals surface area contributed by atoms with Gasteiger partial charge < -0.3 is 14.7 Å². The van der Waals surface area contributed by atoms with E-state index >= 15 is 0 Å². The molecule has 1 atom stereocenters. The second-order valence-electron chi connectivity index (χ2n) is 7.96. The summed E-state index contributed by atoms with van der Waals surface area (Å²) < 4.78 is 7.00. The first kappa shape index (κ1) is 19.7. The van der Waals surface area contributed by atoms with Crippen molar-refractivity contribution in [3.8, 4) is 11.5 Å². The lowest BCUT2D eigenvalue weighted by molar-refractivity contribution is 0.0718. The van der Waals surface area contributed by atoms with E-state index in [1.807, 2.05) is 21.7 Å². The predicted octanol–water partition coefficient (Wildman–Crippen LogP) is 2.46. The average molecular weight is 399 g/mol. The van der Waals surface area contributed by atoms with Crippen molar-refractivity contribution in [2.75, 3.05) is 33.3 Å². The van der Waals surface area contributed by atoms with Crippen molar-refractivity contribution in [1.29, 1.82) is 0 Å². The second kappa shape index (κ2) is 8.82. The number of ether oxygens (including phenoxy) is 1. The van der Waals surface area contributed by atoms with Crippen LogP contribution in [-0.2, 0) is 6.54 Å². The molecule has 1 aromatic carbocycles. The molecule has 3 heterocycles. The summed E-state index contributed by atoms with van der Waals surface area (Å²) in [5.41, 5.74) is 1.32. The number of phenolic OH excluding ortho intramolecular Hbond substituents is 1. The molecule has 2 aliphatic rings. The Morgan fingerprint density at radius 2 is 2.03 bits per heavy atom. The summed E-state index contributed by atoms with van der Waals surface area (Å²) in [5, 5.41) is 18.7. The molecule has 8 nitrogen and oxygen atoms in total. The van der Waals surface area contributed by atoms with Crippen molar-refractivity contribution in [3.63, 3.8) is 0 Å². The molecule has 0 spiro atoms. The molecule has 0 aliphatic carbocycles. The zero-order chi connectivity index (χ0) is 20.2. The van der Waals surface area contributed by atoms with Crippen molar-refractivity contribution < 1.29 is 14.6 Å². The molecule has 0 unspecified atom stereocenters. The normalized spacial score (nSPS) is 20.6. The van der Waals surface area contributed by atoms with Crippen LogP contribution in [0.1, 0.15) is 54.2 Å². The zero-order valence-electron chi connectivity index (χ0n) is 17.0. The molecule has 156 valence electrons. The van der Waals surface area contributed by atoms with Gasteiger partial charge in [-0.25, -0.2) is 4.68 Å². The molecule has 4 rings (SSSR count). The van der Waals surface area contributed by atoms with E-state index in [9.17, 15) is 9.90 Å². The van der Waals surface area contributed by atoms with Gasteiger partial charge in [-0.2, -0.15) is 0 Å². The number of hydrogen-bond donors (Lipinski definition) is 1. The van der Waals surface area contributed by atoms with Crippen LogP contribution < -0.4 is 4.74 Å². The lowest BCUT2D eigenvalue weighted by Gasteiger charge is -2.32. The van der Waals surface area contributed by atoms with Crippen LogP contribution in [-0.4, -0.2) is 69.1 Å². The lowest BCUT2D eigenvalue weighted by atomic mass is 10.0. The molecule has 0 saturated carbocycles. The summed E-state index contributed by atoms with van der Waals surface area (Å²) in [7, 11) is 1.59. The predicted molar refractivity (Wildman–Crippen MR) is 108 cm³/mol. The van der Waals surface area contributed by atoms with Crippen LogP contribution in [0.4, 0.5) is 0 Å². The summed E-state index contributed by atoms with van der Waals surface area (Å²) in [6.45, 7) is 4.07. The van der Waals surface area contributed by atoms with Gasteiger partial charge >= 0.3 is 0 Å². The smallest absolute Gasteiger partial charge is 0.276 e. The number of rotatable bonds is 5. The van der Waals surface area contributed by atoms with Crippen LogP contribution in [0.5, 0.6) is 11.5 Å². The monoisotopic (exact) mass is 399 g/mol. The first-order chi connectivity index (χ1) is 14.1. The van der Waals surface area contributed by atoms with E-state index in [4.69, 9.17) is 4.74 Å². The Bertz CT molecular complexity index is 847. The number of carbonyl (C=O) groups is 1. The molecule has 1 aromatic heterocycles. The number of hydrogen-bond acceptors (Lipinski definition) is 6. The molecule has 0 radical (unpaired) electrons. The number of likely N-dealkylation sites (tertiary alicyclic amines) is 2. The molecular weight excluding hydrogens is 370 g/mol. The van der Waals surface area contributed by atoms with Gasteiger partial charge in [0.15, 0.2) is 5.69 Å². The number of benzene rings is 1. The van der Waals surface area contributed by atoms with E-state index in [0.29, 0.717) is 18.0 Å². The van der Waals surface area contributed by atoms with Crippen molar-refractivity contribution in [1.82, 2.24) is 24.8 Å². The first-order valence-corrected chi connectivity index (χ1v) is 10.4. The lowest BCUT2D eigenvalue weighted by Crippen LogP contribution is -2.36. The van der Waals surface area contributed by atoms with E-state index in [1.54, 1.807) is 19.4 Å². The summed E-state index contributed by atoms with van der Waals surface area (Å²) in [4.78, 5) is 16.8. The molecule has 2 fully saturated rings. The maximum atomic E-state index is 12.7. The van der Waals surface area contributed by atoms with Crippen LogP contribution in [0.15, 0.2) is 24.4 Å². The summed E-state index contributed by atoms with van der Waals surface area (Å²) >= 11 is 0. The average Bonchev–Trinajstić information content (AvgIpc) is 3.26. The van der Waals surface area contributed by atoms with Crippen molar-refractivity contribution in [2.24, 2.45) is 0 Å². The third-order valence-electron chi connectivity index (χ3n) is 5.91. The maximum Gasteiger partial charge on any atom is 0.276 e. The topological polar surface area (TPSA) is 83.7 Å². The number of amides is 1. The highest BCUT2D eigenvalue weighted by atomic mass is 16.5. The molecule has 0 bridgehead atoms. The van der Waals surface area contributed by atoms with Gasteiger partial charge in [0.25, 0.3) is 5.91 Å². The Balaban J connectivity index is 1.40. The molecule has 29 heavy (non-hydrogen) atoms. The molecule has 1 amide bonds. The van der Waals surface area contributed by atoms with Gasteiger partial charge in [0.2, 0.25) is 0 Å². The largest absolute Gasteiger partial charge is 0.507 e. The molecule has 2 aliphatic heterocycles. The van der Waals surface area contributed by atoms with E-state index in [0.717, 1.165) is 57.4 Å². The molecular formula is C21H29N5O3. The molecule has 8 heteroatoms. The zero-order valence-corrected chi connectivity index (χ0v) is 17.0. The van der Waals surface area contributed by atoms with E-state index in [-0.39, 0.29) is 17.7 Å². The highest BCUT2D eigenvalue weighted by Gasteiger charge is 2.26. The van der Waals surface area contributed by atoms with Gasteiger partial charge in [-0.1, -0.05) is 11.3 Å². The van der Waals surface area contributed by atoms with Gasteiger partial charge in [0.1, 0.15) is 11.5 Å². The Morgan fingerprint density at radius 3 is 2.79 bits per heavy atom. The number of phenols is 1. The van der Waals surface area contributed by atoms with Gasteiger partial charge in [0.05, 0.1) is 19.3 Å². The number of aromatic nitrogens is 3. The van der Waals surface area contributed by atoms with Gasteiger partial charge in [0, 0.05) is 37.8 Å². The Kier molecular flexibility index (Phi) is 5.99. The van der Waals surface area contributed by atoms with Crippen LogP contribution in [0.25, 0.3) is 0 Å². The summed E-state index contributed by atoms with van der Waals surface area (Å²) in [6.07, 6.45) is 7.17. The highest BCUT2D eigenvalue weighted by molar-refractivity contribution is 5.91. The number of piperidine rings is 2. The fourth-order valence-corrected chi connectivity index (χ4v) is 4.25. The van der Waals surface area contributed by atoms with Gasteiger partial charge in [-0.05, 0) is 44.7 Å². The number of aromatic hydroxyl groups is 1. The quantitative estimate of drug-likeness (QED) is 0.832. The highest BCUT2D eigenvalue weighted by Crippen LogP contribution is 2.27. The van der Waals surface area contributed by atoms with Crippen LogP contribution in [0.3, 0.4) is 0 Å². The Labute approximate surface area is 171 Å². The minimum atomic E-state index is -0.00762. The molecule has 1 N–H and O–H groups in total. The number of nitrogens with zero attached hydrogens (tertiary/aromatic N) is 5. The minimum Gasteiger partial charge on any atom is -0.507 e.